The molecule has 1 rings (SSSR count). The van der Waals surface area contributed by atoms with Crippen molar-refractivity contribution in [1.29, 1.82) is 0 Å². The molecule has 1 aromatic heterocycles. The summed E-state index contributed by atoms with van der Waals surface area (Å²) in [6, 6.07) is 1.99. The summed E-state index contributed by atoms with van der Waals surface area (Å²) < 4.78 is 0. The van der Waals surface area contributed by atoms with Crippen molar-refractivity contribution in [2.45, 2.75) is 32.8 Å². The highest BCUT2D eigenvalue weighted by atomic mass is 16.3. The molecular weight excluding hydrogens is 202 g/mol. The molecule has 0 aliphatic rings. The molecule has 4 nitrogen and oxygen atoms in total. The Morgan fingerprint density at radius 2 is 1.88 bits per heavy atom. The van der Waals surface area contributed by atoms with Crippen molar-refractivity contribution in [2.75, 3.05) is 23.7 Å². The minimum Gasteiger partial charge on any atom is -0.388 e. The summed E-state index contributed by atoms with van der Waals surface area (Å²) in [5.74, 6) is 0. The maximum Gasteiger partial charge on any atom is 0.0788 e. The fraction of sp³-hybridized carbons (Fsp3) is 0.583. The summed E-state index contributed by atoms with van der Waals surface area (Å²) in [5, 5.41) is 16.2. The molecule has 1 aromatic rings. The predicted molar refractivity (Wildman–Crippen MR) is 67.8 cm³/mol. The summed E-state index contributed by atoms with van der Waals surface area (Å²) in [7, 11) is 0. The van der Waals surface area contributed by atoms with Gasteiger partial charge in [-0.15, -0.1) is 0 Å². The van der Waals surface area contributed by atoms with Crippen molar-refractivity contribution < 1.29 is 5.11 Å². The molecule has 0 radical (unpaired) electrons. The van der Waals surface area contributed by atoms with Crippen LogP contribution in [-0.4, -0.2) is 28.8 Å². The molecule has 3 N–H and O–H groups in total. The van der Waals surface area contributed by atoms with Gasteiger partial charge in [0.2, 0.25) is 0 Å². The maximum absolute atomic E-state index is 9.86. The smallest absolute Gasteiger partial charge is 0.0788 e. The van der Waals surface area contributed by atoms with Crippen molar-refractivity contribution in [1.82, 2.24) is 4.98 Å². The molecule has 90 valence electrons. The topological polar surface area (TPSA) is 57.2 Å². The lowest BCUT2D eigenvalue weighted by Crippen LogP contribution is -2.32. The van der Waals surface area contributed by atoms with Gasteiger partial charge in [0.25, 0.3) is 0 Å². The van der Waals surface area contributed by atoms with Gasteiger partial charge in [-0.25, -0.2) is 0 Å². The lowest BCUT2D eigenvalue weighted by atomic mass is 10.0. The molecular formula is C12H21N3O. The first-order valence-electron chi connectivity index (χ1n) is 5.72. The molecule has 1 unspecified atom stereocenters. The number of anilines is 2. The number of hydrogen-bond donors (Lipinski definition) is 3. The van der Waals surface area contributed by atoms with Gasteiger partial charge < -0.3 is 15.7 Å². The van der Waals surface area contributed by atoms with Crippen LogP contribution in [0.25, 0.3) is 0 Å². The van der Waals surface area contributed by atoms with Crippen molar-refractivity contribution in [3.05, 3.63) is 18.5 Å². The van der Waals surface area contributed by atoms with Gasteiger partial charge in [0, 0.05) is 13.1 Å². The fourth-order valence-electron chi connectivity index (χ4n) is 1.25. The highest BCUT2D eigenvalue weighted by Gasteiger charge is 2.16. The Morgan fingerprint density at radius 1 is 1.25 bits per heavy atom. The van der Waals surface area contributed by atoms with Crippen LogP contribution in [0.15, 0.2) is 18.5 Å². The average Bonchev–Trinajstić information content (AvgIpc) is 2.28. The van der Waals surface area contributed by atoms with Gasteiger partial charge in [-0.1, -0.05) is 6.92 Å². The summed E-state index contributed by atoms with van der Waals surface area (Å²) in [6.07, 6.45) is 4.26. The zero-order chi connectivity index (χ0) is 12.0. The Hall–Kier alpha value is -1.29. The van der Waals surface area contributed by atoms with Gasteiger partial charge in [0.05, 0.1) is 29.4 Å². The predicted octanol–water partition coefficient (Wildman–Crippen LogP) is 2.09. The van der Waals surface area contributed by atoms with E-state index in [2.05, 4.69) is 15.6 Å². The Kier molecular flexibility index (Phi) is 4.55. The van der Waals surface area contributed by atoms with Crippen LogP contribution in [0.4, 0.5) is 11.4 Å². The number of nitrogens with one attached hydrogen (secondary N) is 2. The van der Waals surface area contributed by atoms with Crippen LogP contribution in [0.2, 0.25) is 0 Å². The summed E-state index contributed by atoms with van der Waals surface area (Å²) >= 11 is 0. The van der Waals surface area contributed by atoms with Gasteiger partial charge in [-0.05, 0) is 26.3 Å². The SMILES string of the molecule is CCNc1cncc(NCC(C)(O)CC)c1. The maximum atomic E-state index is 9.86. The van der Waals surface area contributed by atoms with E-state index in [0.717, 1.165) is 24.3 Å². The van der Waals surface area contributed by atoms with E-state index < -0.39 is 5.60 Å². The van der Waals surface area contributed by atoms with E-state index in [4.69, 9.17) is 0 Å². The van der Waals surface area contributed by atoms with Gasteiger partial charge >= 0.3 is 0 Å². The molecule has 16 heavy (non-hydrogen) atoms. The molecule has 0 amide bonds. The van der Waals surface area contributed by atoms with Crippen molar-refractivity contribution in [3.63, 3.8) is 0 Å². The van der Waals surface area contributed by atoms with Gasteiger partial charge in [-0.2, -0.15) is 0 Å². The van der Waals surface area contributed by atoms with Crippen molar-refractivity contribution >= 4 is 11.4 Å². The molecule has 0 fully saturated rings. The molecule has 0 aliphatic heterocycles. The average molecular weight is 223 g/mol. The van der Waals surface area contributed by atoms with Crippen LogP contribution in [0.5, 0.6) is 0 Å². The van der Waals surface area contributed by atoms with Crippen LogP contribution in [0.3, 0.4) is 0 Å². The largest absolute Gasteiger partial charge is 0.388 e. The molecule has 0 aliphatic carbocycles. The Bertz CT molecular complexity index is 326. The van der Waals surface area contributed by atoms with Crippen LogP contribution >= 0.6 is 0 Å². The van der Waals surface area contributed by atoms with Crippen LogP contribution in [0, 0.1) is 0 Å². The number of aliphatic hydroxyl groups is 1. The normalized spacial score (nSPS) is 14.2. The summed E-state index contributed by atoms with van der Waals surface area (Å²) in [5.41, 5.74) is 1.24. The molecule has 1 atom stereocenters. The quantitative estimate of drug-likeness (QED) is 0.691. The van der Waals surface area contributed by atoms with E-state index in [1.54, 1.807) is 12.4 Å². The second kappa shape index (κ2) is 5.70. The van der Waals surface area contributed by atoms with E-state index in [-0.39, 0.29) is 0 Å². The lowest BCUT2D eigenvalue weighted by molar-refractivity contribution is 0.0697. The van der Waals surface area contributed by atoms with Gasteiger partial charge in [-0.3, -0.25) is 4.98 Å². The lowest BCUT2D eigenvalue weighted by Gasteiger charge is -2.22. The Balaban J connectivity index is 2.57. The summed E-state index contributed by atoms with van der Waals surface area (Å²) in [4.78, 5) is 4.12. The van der Waals surface area contributed by atoms with Crippen molar-refractivity contribution in [2.24, 2.45) is 0 Å². The first-order chi connectivity index (χ1) is 7.57. The first-order valence-corrected chi connectivity index (χ1v) is 5.72. The second-order valence-electron chi connectivity index (χ2n) is 4.20. The van der Waals surface area contributed by atoms with Crippen LogP contribution in [0.1, 0.15) is 27.2 Å². The van der Waals surface area contributed by atoms with E-state index in [0.29, 0.717) is 6.54 Å². The second-order valence-corrected chi connectivity index (χ2v) is 4.20. The third-order valence-corrected chi connectivity index (χ3v) is 2.55. The standard InChI is InChI=1S/C12H21N3O/c1-4-12(3,16)9-15-11-6-10(14-5-2)7-13-8-11/h6-8,14-16H,4-5,9H2,1-3H3. The third kappa shape index (κ3) is 4.06. The van der Waals surface area contributed by atoms with Gasteiger partial charge in [0.1, 0.15) is 0 Å². The molecule has 0 saturated carbocycles. The monoisotopic (exact) mass is 223 g/mol. The fourth-order valence-corrected chi connectivity index (χ4v) is 1.25. The minimum absolute atomic E-state index is 0.529. The number of aromatic nitrogens is 1. The highest BCUT2D eigenvalue weighted by molar-refractivity contribution is 5.53. The van der Waals surface area contributed by atoms with Gasteiger partial charge in [0.15, 0.2) is 0 Å². The number of rotatable bonds is 6. The number of pyridine rings is 1. The Morgan fingerprint density at radius 3 is 2.44 bits per heavy atom. The first kappa shape index (κ1) is 12.8. The minimum atomic E-state index is -0.672. The third-order valence-electron chi connectivity index (χ3n) is 2.55. The molecule has 4 heteroatoms. The molecule has 1 heterocycles. The zero-order valence-corrected chi connectivity index (χ0v) is 10.2. The van der Waals surface area contributed by atoms with E-state index in [1.165, 1.54) is 0 Å². The van der Waals surface area contributed by atoms with E-state index >= 15 is 0 Å². The highest BCUT2D eigenvalue weighted by Crippen LogP contribution is 2.15. The van der Waals surface area contributed by atoms with E-state index in [9.17, 15) is 5.11 Å². The number of hydrogen-bond acceptors (Lipinski definition) is 4. The zero-order valence-electron chi connectivity index (χ0n) is 10.2. The molecule has 0 saturated heterocycles. The molecule has 0 bridgehead atoms. The van der Waals surface area contributed by atoms with Crippen molar-refractivity contribution in [3.8, 4) is 0 Å². The van der Waals surface area contributed by atoms with Crippen LogP contribution in [-0.2, 0) is 0 Å². The van der Waals surface area contributed by atoms with E-state index in [1.807, 2.05) is 26.8 Å². The summed E-state index contributed by atoms with van der Waals surface area (Å²) in [6.45, 7) is 7.23. The van der Waals surface area contributed by atoms with Crippen LogP contribution < -0.4 is 10.6 Å². The Labute approximate surface area is 97.1 Å². The molecule has 0 aromatic carbocycles. The number of nitrogens with zero attached hydrogens (tertiary/aromatic N) is 1. The molecule has 0 spiro atoms.